The number of halogens is 1. The number of nitrogens with zero attached hydrogens (tertiary/aromatic N) is 1. The highest BCUT2D eigenvalue weighted by Crippen LogP contribution is 2.41. The standard InChI is InChI=1S/C24H23FN2O4S2/c1-5-33(29,30)26-17-6-7-21(31-22-14(2)10-16(25)11-15(22)3)19(12-17)20-13-27(4)24(28)18-8-9-32-23(18)20/h6-13,26H,5H2,1-4H3. The van der Waals surface area contributed by atoms with Crippen LogP contribution in [0.15, 0.2) is 52.8 Å². The van der Waals surface area contributed by atoms with Gasteiger partial charge in [0.15, 0.2) is 0 Å². The summed E-state index contributed by atoms with van der Waals surface area (Å²) in [5.74, 6) is 0.566. The lowest BCUT2D eigenvalue weighted by Crippen LogP contribution is -2.16. The maximum atomic E-state index is 13.8. The number of aryl methyl sites for hydroxylation is 3. The maximum Gasteiger partial charge on any atom is 0.259 e. The summed E-state index contributed by atoms with van der Waals surface area (Å²) < 4.78 is 49.2. The molecule has 2 heterocycles. The van der Waals surface area contributed by atoms with Crippen LogP contribution in [0.3, 0.4) is 0 Å². The third kappa shape index (κ3) is 4.51. The summed E-state index contributed by atoms with van der Waals surface area (Å²) in [6, 6.07) is 9.55. The topological polar surface area (TPSA) is 77.4 Å². The Morgan fingerprint density at radius 2 is 1.79 bits per heavy atom. The van der Waals surface area contributed by atoms with Crippen LogP contribution < -0.4 is 15.0 Å². The van der Waals surface area contributed by atoms with E-state index in [1.165, 1.54) is 28.0 Å². The van der Waals surface area contributed by atoms with Crippen LogP contribution in [0.5, 0.6) is 11.5 Å². The van der Waals surface area contributed by atoms with Crippen molar-refractivity contribution in [3.63, 3.8) is 0 Å². The number of benzene rings is 2. The predicted molar refractivity (Wildman–Crippen MR) is 132 cm³/mol. The van der Waals surface area contributed by atoms with Crippen molar-refractivity contribution >= 4 is 37.1 Å². The van der Waals surface area contributed by atoms with Gasteiger partial charge in [-0.3, -0.25) is 9.52 Å². The molecule has 0 amide bonds. The van der Waals surface area contributed by atoms with Gasteiger partial charge in [0.2, 0.25) is 10.0 Å². The number of aromatic nitrogens is 1. The molecule has 0 spiro atoms. The number of ether oxygens (including phenoxy) is 1. The van der Waals surface area contributed by atoms with Gasteiger partial charge in [0.25, 0.3) is 5.56 Å². The van der Waals surface area contributed by atoms with E-state index in [9.17, 15) is 17.6 Å². The molecular formula is C24H23FN2O4S2. The van der Waals surface area contributed by atoms with E-state index in [4.69, 9.17) is 4.74 Å². The lowest BCUT2D eigenvalue weighted by molar-refractivity contribution is 0.474. The quantitative estimate of drug-likeness (QED) is 0.386. The van der Waals surface area contributed by atoms with Gasteiger partial charge in [-0.05, 0) is 73.7 Å². The first-order valence-corrected chi connectivity index (χ1v) is 12.8. The smallest absolute Gasteiger partial charge is 0.259 e. The van der Waals surface area contributed by atoms with Crippen LogP contribution in [0.25, 0.3) is 21.2 Å². The van der Waals surface area contributed by atoms with Gasteiger partial charge >= 0.3 is 0 Å². The molecule has 1 N–H and O–H groups in total. The normalized spacial score (nSPS) is 11.7. The Kier molecular flexibility index (Phi) is 6.02. The van der Waals surface area contributed by atoms with E-state index < -0.39 is 10.0 Å². The van der Waals surface area contributed by atoms with Crippen molar-refractivity contribution in [2.24, 2.45) is 7.05 Å². The number of hydrogen-bond acceptors (Lipinski definition) is 5. The molecule has 172 valence electrons. The van der Waals surface area contributed by atoms with Crippen LogP contribution in [-0.2, 0) is 17.1 Å². The maximum absolute atomic E-state index is 13.8. The van der Waals surface area contributed by atoms with Gasteiger partial charge in [-0.1, -0.05) is 0 Å². The third-order valence-corrected chi connectivity index (χ3v) is 7.60. The number of pyridine rings is 1. The molecule has 0 aliphatic carbocycles. The summed E-state index contributed by atoms with van der Waals surface area (Å²) in [4.78, 5) is 12.6. The molecule has 4 aromatic rings. The zero-order valence-corrected chi connectivity index (χ0v) is 20.2. The first-order valence-electron chi connectivity index (χ1n) is 10.3. The first kappa shape index (κ1) is 23.0. The molecule has 0 unspecified atom stereocenters. The summed E-state index contributed by atoms with van der Waals surface area (Å²) in [7, 11) is -1.83. The second kappa shape index (κ2) is 8.64. The van der Waals surface area contributed by atoms with E-state index in [1.807, 2.05) is 5.38 Å². The van der Waals surface area contributed by atoms with Crippen LogP contribution >= 0.6 is 11.3 Å². The third-order valence-electron chi connectivity index (χ3n) is 5.34. The molecule has 4 rings (SSSR count). The SMILES string of the molecule is CCS(=O)(=O)Nc1ccc(Oc2c(C)cc(F)cc2C)c(-c2cn(C)c(=O)c3ccsc23)c1. The fourth-order valence-corrected chi connectivity index (χ4v) is 5.23. The number of fused-ring (bicyclic) bond motifs is 1. The van der Waals surface area contributed by atoms with Crippen molar-refractivity contribution < 1.29 is 17.5 Å². The second-order valence-corrected chi connectivity index (χ2v) is 10.7. The molecular weight excluding hydrogens is 463 g/mol. The lowest BCUT2D eigenvalue weighted by atomic mass is 10.0. The van der Waals surface area contributed by atoms with E-state index in [-0.39, 0.29) is 17.1 Å². The minimum Gasteiger partial charge on any atom is -0.456 e. The largest absolute Gasteiger partial charge is 0.456 e. The van der Waals surface area contributed by atoms with Gasteiger partial charge in [-0.2, -0.15) is 0 Å². The Morgan fingerprint density at radius 1 is 1.09 bits per heavy atom. The molecule has 33 heavy (non-hydrogen) atoms. The van der Waals surface area contributed by atoms with Gasteiger partial charge in [0.1, 0.15) is 17.3 Å². The summed E-state index contributed by atoms with van der Waals surface area (Å²) in [5.41, 5.74) is 2.87. The van der Waals surface area contributed by atoms with E-state index in [0.717, 1.165) is 10.3 Å². The van der Waals surface area contributed by atoms with Crippen molar-refractivity contribution in [2.75, 3.05) is 10.5 Å². The molecule has 0 aliphatic heterocycles. The highest BCUT2D eigenvalue weighted by molar-refractivity contribution is 7.92. The Bertz CT molecular complexity index is 1520. The van der Waals surface area contributed by atoms with E-state index >= 15 is 0 Å². The highest BCUT2D eigenvalue weighted by atomic mass is 32.2. The van der Waals surface area contributed by atoms with Gasteiger partial charge in [0, 0.05) is 34.8 Å². The van der Waals surface area contributed by atoms with Crippen molar-refractivity contribution in [1.82, 2.24) is 4.57 Å². The Hall–Kier alpha value is -3.17. The lowest BCUT2D eigenvalue weighted by Gasteiger charge is -2.18. The molecule has 0 saturated heterocycles. The minimum absolute atomic E-state index is 0.0659. The Labute approximate surface area is 195 Å². The molecule has 0 radical (unpaired) electrons. The molecule has 0 aliphatic rings. The predicted octanol–water partition coefficient (Wildman–Crippen LogP) is 5.58. The van der Waals surface area contributed by atoms with Crippen LogP contribution in [0.4, 0.5) is 10.1 Å². The van der Waals surface area contributed by atoms with E-state index in [1.54, 1.807) is 58.3 Å². The number of nitrogens with one attached hydrogen (secondary N) is 1. The second-order valence-electron chi connectivity index (χ2n) is 7.81. The molecule has 0 fully saturated rings. The van der Waals surface area contributed by atoms with Gasteiger partial charge < -0.3 is 9.30 Å². The average Bonchev–Trinajstić information content (AvgIpc) is 3.24. The van der Waals surface area contributed by atoms with Crippen LogP contribution in [-0.4, -0.2) is 18.7 Å². The fourth-order valence-electron chi connectivity index (χ4n) is 3.69. The number of thiophene rings is 1. The Balaban J connectivity index is 1.95. The van der Waals surface area contributed by atoms with Crippen LogP contribution in [0, 0.1) is 19.7 Å². The summed E-state index contributed by atoms with van der Waals surface area (Å²) in [5, 5.41) is 2.41. The van der Waals surface area contributed by atoms with Crippen LogP contribution in [0.1, 0.15) is 18.1 Å². The van der Waals surface area contributed by atoms with Crippen LogP contribution in [0.2, 0.25) is 0 Å². The van der Waals surface area contributed by atoms with Crippen molar-refractivity contribution in [3.05, 3.63) is 75.3 Å². The van der Waals surface area contributed by atoms with Gasteiger partial charge in [-0.15, -0.1) is 11.3 Å². The van der Waals surface area contributed by atoms with Crippen molar-refractivity contribution in [2.45, 2.75) is 20.8 Å². The number of anilines is 1. The number of sulfonamides is 1. The molecule has 6 nitrogen and oxygen atoms in total. The number of hydrogen-bond donors (Lipinski definition) is 1. The van der Waals surface area contributed by atoms with Gasteiger partial charge in [-0.25, -0.2) is 12.8 Å². The summed E-state index contributed by atoms with van der Waals surface area (Å²) in [6.07, 6.45) is 1.71. The fraction of sp³-hybridized carbons (Fsp3) is 0.208. The molecule has 2 aromatic heterocycles. The molecule has 9 heteroatoms. The Morgan fingerprint density at radius 3 is 2.45 bits per heavy atom. The van der Waals surface area contributed by atoms with Gasteiger partial charge in [0.05, 0.1) is 11.1 Å². The highest BCUT2D eigenvalue weighted by Gasteiger charge is 2.18. The van der Waals surface area contributed by atoms with E-state index in [0.29, 0.717) is 39.3 Å². The zero-order chi connectivity index (χ0) is 23.9. The summed E-state index contributed by atoms with van der Waals surface area (Å²) >= 11 is 1.42. The zero-order valence-electron chi connectivity index (χ0n) is 18.6. The number of rotatable bonds is 6. The monoisotopic (exact) mass is 486 g/mol. The van der Waals surface area contributed by atoms with Crippen molar-refractivity contribution in [3.8, 4) is 22.6 Å². The summed E-state index contributed by atoms with van der Waals surface area (Å²) in [6.45, 7) is 5.08. The van der Waals surface area contributed by atoms with Crippen molar-refractivity contribution in [1.29, 1.82) is 0 Å². The average molecular weight is 487 g/mol. The van der Waals surface area contributed by atoms with E-state index in [2.05, 4.69) is 4.72 Å². The molecule has 0 atom stereocenters. The molecule has 0 saturated carbocycles. The molecule has 2 aromatic carbocycles. The minimum atomic E-state index is -3.49. The first-order chi connectivity index (χ1) is 15.6. The molecule has 0 bridgehead atoms.